The fourth-order valence-corrected chi connectivity index (χ4v) is 0.655. The van der Waals surface area contributed by atoms with Gasteiger partial charge >= 0.3 is 5.97 Å². The molecule has 0 spiro atoms. The Hall–Kier alpha value is -0.610. The number of carboxylic acids is 1. The maximum Gasteiger partial charge on any atom is 0.306 e. The van der Waals surface area contributed by atoms with Crippen molar-refractivity contribution in [3.8, 4) is 0 Å². The third-order valence-corrected chi connectivity index (χ3v) is 1.18. The molecule has 60 valence electrons. The molecular weight excluding hydrogens is 137 g/mol. The minimum absolute atomic E-state index is 0.0965. The van der Waals surface area contributed by atoms with Crippen molar-refractivity contribution in [2.45, 2.75) is 25.4 Å². The Morgan fingerprint density at radius 1 is 1.60 bits per heavy atom. The maximum absolute atomic E-state index is 10.0. The van der Waals surface area contributed by atoms with Crippen LogP contribution in [0.25, 0.3) is 0 Å². The average Bonchev–Trinajstić information content (AvgIpc) is 1.59. The van der Waals surface area contributed by atoms with E-state index in [4.69, 9.17) is 15.3 Å². The van der Waals surface area contributed by atoms with Crippen LogP contribution in [0.5, 0.6) is 0 Å². The first-order chi connectivity index (χ1) is 4.48. The van der Waals surface area contributed by atoms with Gasteiger partial charge in [0.05, 0.1) is 12.0 Å². The molecule has 0 saturated heterocycles. The zero-order chi connectivity index (χ0) is 8.20. The number of rotatable bonds is 4. The van der Waals surface area contributed by atoms with Crippen molar-refractivity contribution in [1.82, 2.24) is 0 Å². The third kappa shape index (κ3) is 4.29. The summed E-state index contributed by atoms with van der Waals surface area (Å²) in [7, 11) is 0. The van der Waals surface area contributed by atoms with Gasteiger partial charge in [-0.05, 0) is 13.3 Å². The summed E-state index contributed by atoms with van der Waals surface area (Å²) in [5, 5.41) is 25.7. The molecule has 10 heavy (non-hydrogen) atoms. The van der Waals surface area contributed by atoms with Crippen molar-refractivity contribution in [2.75, 3.05) is 6.61 Å². The summed E-state index contributed by atoms with van der Waals surface area (Å²) in [4.78, 5) is 10.0. The molecule has 0 aliphatic heterocycles. The van der Waals surface area contributed by atoms with Gasteiger partial charge in [-0.2, -0.15) is 0 Å². The van der Waals surface area contributed by atoms with Crippen LogP contribution in [0.15, 0.2) is 0 Å². The van der Waals surface area contributed by atoms with Crippen molar-refractivity contribution in [3.63, 3.8) is 0 Å². The summed E-state index contributed by atoms with van der Waals surface area (Å²) in [6.45, 7) is 1.19. The topological polar surface area (TPSA) is 77.8 Å². The van der Waals surface area contributed by atoms with E-state index in [-0.39, 0.29) is 19.4 Å². The fraction of sp³-hybridized carbons (Fsp3) is 0.833. The molecule has 0 aromatic carbocycles. The lowest BCUT2D eigenvalue weighted by Crippen LogP contribution is -2.28. The van der Waals surface area contributed by atoms with Crippen molar-refractivity contribution in [3.05, 3.63) is 0 Å². The minimum Gasteiger partial charge on any atom is -0.481 e. The zero-order valence-corrected chi connectivity index (χ0v) is 5.87. The third-order valence-electron chi connectivity index (χ3n) is 1.18. The molecule has 0 fully saturated rings. The molecule has 0 bridgehead atoms. The van der Waals surface area contributed by atoms with Gasteiger partial charge in [0.15, 0.2) is 0 Å². The Kier molecular flexibility index (Phi) is 3.32. The van der Waals surface area contributed by atoms with Crippen LogP contribution >= 0.6 is 0 Å². The quantitative estimate of drug-likeness (QED) is 0.475. The molecule has 0 amide bonds. The summed E-state index contributed by atoms with van der Waals surface area (Å²) < 4.78 is 0. The second-order valence-electron chi connectivity index (χ2n) is 2.54. The molecule has 1 unspecified atom stereocenters. The highest BCUT2D eigenvalue weighted by Gasteiger charge is 2.22. The predicted molar refractivity (Wildman–Crippen MR) is 34.6 cm³/mol. The van der Waals surface area contributed by atoms with Crippen LogP contribution in [0.1, 0.15) is 19.8 Å². The van der Waals surface area contributed by atoms with E-state index in [2.05, 4.69) is 0 Å². The lowest BCUT2D eigenvalue weighted by Gasteiger charge is -2.18. The smallest absolute Gasteiger partial charge is 0.306 e. The van der Waals surface area contributed by atoms with Crippen molar-refractivity contribution in [1.29, 1.82) is 0 Å². The molecule has 0 aliphatic carbocycles. The van der Waals surface area contributed by atoms with Crippen molar-refractivity contribution >= 4 is 5.97 Å². The Bertz CT molecular complexity index is 119. The highest BCUT2D eigenvalue weighted by molar-refractivity contribution is 5.67. The van der Waals surface area contributed by atoms with Gasteiger partial charge in [0.1, 0.15) is 0 Å². The van der Waals surface area contributed by atoms with Gasteiger partial charge in [-0.1, -0.05) is 0 Å². The number of carboxylic acid groups (broad SMARTS) is 1. The summed E-state index contributed by atoms with van der Waals surface area (Å²) in [5.74, 6) is -1.06. The summed E-state index contributed by atoms with van der Waals surface area (Å²) in [5.41, 5.74) is -1.28. The standard InChI is InChI=1S/C6H12O4/c1-6(10,2-3-7)4-5(8)9/h7,10H,2-4H2,1H3,(H,8,9)/i4+1. The molecule has 0 saturated carbocycles. The number of hydrogen-bond donors (Lipinski definition) is 3. The first-order valence-electron chi connectivity index (χ1n) is 3.03. The van der Waals surface area contributed by atoms with Crippen LogP contribution in [0.4, 0.5) is 0 Å². The van der Waals surface area contributed by atoms with Gasteiger partial charge in [-0.3, -0.25) is 4.79 Å². The van der Waals surface area contributed by atoms with E-state index < -0.39 is 11.6 Å². The van der Waals surface area contributed by atoms with Crippen LogP contribution in [0.2, 0.25) is 0 Å². The molecule has 1 atom stereocenters. The van der Waals surface area contributed by atoms with Crippen LogP contribution in [0.3, 0.4) is 0 Å². The summed E-state index contributed by atoms with van der Waals surface area (Å²) in [6, 6.07) is 0. The fourth-order valence-electron chi connectivity index (χ4n) is 0.655. The Balaban J connectivity index is 3.74. The lowest BCUT2D eigenvalue weighted by atomic mass is 10.1. The molecule has 4 heteroatoms. The number of aliphatic hydroxyl groups excluding tert-OH is 1. The lowest BCUT2D eigenvalue weighted by molar-refractivity contribution is -0.142. The molecule has 0 heterocycles. The SMILES string of the molecule is CC(O)(CCO)[13CH2]C(=O)O. The number of hydrogen-bond acceptors (Lipinski definition) is 3. The van der Waals surface area contributed by atoms with Gasteiger partial charge in [0, 0.05) is 6.61 Å². The molecule has 0 aromatic heterocycles. The van der Waals surface area contributed by atoms with E-state index >= 15 is 0 Å². The van der Waals surface area contributed by atoms with Crippen LogP contribution in [-0.2, 0) is 4.79 Å². The highest BCUT2D eigenvalue weighted by atomic mass is 16.4. The number of aliphatic carboxylic acids is 1. The molecule has 0 rings (SSSR count). The molecule has 0 aliphatic rings. The van der Waals surface area contributed by atoms with E-state index in [0.29, 0.717) is 0 Å². The van der Waals surface area contributed by atoms with E-state index in [1.165, 1.54) is 6.92 Å². The molecule has 4 nitrogen and oxygen atoms in total. The zero-order valence-electron chi connectivity index (χ0n) is 5.87. The summed E-state index contributed by atoms with van der Waals surface area (Å²) in [6.07, 6.45) is -0.229. The van der Waals surface area contributed by atoms with E-state index in [1.807, 2.05) is 0 Å². The van der Waals surface area contributed by atoms with Crippen molar-refractivity contribution < 1.29 is 20.1 Å². The van der Waals surface area contributed by atoms with Gasteiger partial charge < -0.3 is 15.3 Å². The van der Waals surface area contributed by atoms with Crippen LogP contribution < -0.4 is 0 Å². The molecular formula is C6H12O4. The summed E-state index contributed by atoms with van der Waals surface area (Å²) >= 11 is 0. The Labute approximate surface area is 59.1 Å². The van der Waals surface area contributed by atoms with Crippen LogP contribution in [-0.4, -0.2) is 33.5 Å². The van der Waals surface area contributed by atoms with E-state index in [1.54, 1.807) is 0 Å². The van der Waals surface area contributed by atoms with E-state index in [0.717, 1.165) is 0 Å². The second-order valence-corrected chi connectivity index (χ2v) is 2.54. The van der Waals surface area contributed by atoms with Gasteiger partial charge in [-0.25, -0.2) is 0 Å². The van der Waals surface area contributed by atoms with Crippen molar-refractivity contribution in [2.24, 2.45) is 0 Å². The van der Waals surface area contributed by atoms with E-state index in [9.17, 15) is 4.79 Å². The van der Waals surface area contributed by atoms with Gasteiger partial charge in [0.25, 0.3) is 0 Å². The molecule has 0 radical (unpaired) electrons. The first-order valence-corrected chi connectivity index (χ1v) is 3.03. The minimum atomic E-state index is -1.28. The second kappa shape index (κ2) is 3.53. The Morgan fingerprint density at radius 2 is 2.10 bits per heavy atom. The Morgan fingerprint density at radius 3 is 2.40 bits per heavy atom. The van der Waals surface area contributed by atoms with Crippen LogP contribution in [0, 0.1) is 0 Å². The molecule has 0 aromatic rings. The average molecular weight is 149 g/mol. The monoisotopic (exact) mass is 149 g/mol. The predicted octanol–water partition coefficient (Wildman–Crippen LogP) is -0.406. The molecule has 3 N–H and O–H groups in total. The van der Waals surface area contributed by atoms with Gasteiger partial charge in [-0.15, -0.1) is 0 Å². The maximum atomic E-state index is 10.0. The largest absolute Gasteiger partial charge is 0.481 e. The number of carbonyl (C=O) groups is 1. The van der Waals surface area contributed by atoms with Gasteiger partial charge in [0.2, 0.25) is 0 Å². The first kappa shape index (κ1) is 9.39. The normalized spacial score (nSPS) is 16.3. The number of aliphatic hydroxyl groups is 2. The highest BCUT2D eigenvalue weighted by Crippen LogP contribution is 2.12.